The Balaban J connectivity index is 1.14. The van der Waals surface area contributed by atoms with Crippen LogP contribution in [0.15, 0.2) is 61.6 Å². The fourth-order valence-corrected chi connectivity index (χ4v) is 5.98. The highest BCUT2D eigenvalue weighted by atomic mass is 16.5. The molecule has 1 aliphatic heterocycles. The molecule has 5 aromatic heterocycles. The number of anilines is 2. The molecule has 6 heterocycles. The molecule has 1 aliphatic carbocycles. The number of fused-ring (bicyclic) bond motifs is 2. The number of carbonyl (C=O) groups excluding carboxylic acids is 1. The Labute approximate surface area is 231 Å². The van der Waals surface area contributed by atoms with Crippen LogP contribution >= 0.6 is 0 Å². The van der Waals surface area contributed by atoms with Crippen LogP contribution in [-0.2, 0) is 4.74 Å². The Morgan fingerprint density at radius 3 is 2.77 bits per heavy atom. The van der Waals surface area contributed by atoms with Crippen LogP contribution in [0.3, 0.4) is 0 Å². The molecule has 0 atom stereocenters. The molecule has 0 spiro atoms. The number of pyridine rings is 2. The molecule has 1 saturated heterocycles. The number of morpholine rings is 1. The summed E-state index contributed by atoms with van der Waals surface area (Å²) in [5.74, 6) is 0.594. The van der Waals surface area contributed by atoms with Crippen molar-refractivity contribution in [1.29, 1.82) is 0 Å². The molecule has 2 aliphatic rings. The van der Waals surface area contributed by atoms with Crippen molar-refractivity contribution in [3.63, 3.8) is 0 Å². The molecular weight excluding hydrogens is 506 g/mol. The largest absolute Gasteiger partial charge is 0.379 e. The zero-order valence-electron chi connectivity index (χ0n) is 22.1. The van der Waals surface area contributed by atoms with Gasteiger partial charge in [-0.15, -0.1) is 0 Å². The van der Waals surface area contributed by atoms with E-state index in [0.29, 0.717) is 28.9 Å². The van der Waals surface area contributed by atoms with E-state index in [2.05, 4.69) is 40.6 Å². The van der Waals surface area contributed by atoms with Crippen LogP contribution in [0.5, 0.6) is 0 Å². The highest BCUT2D eigenvalue weighted by molar-refractivity contribution is 6.09. The highest BCUT2D eigenvalue weighted by Crippen LogP contribution is 2.34. The van der Waals surface area contributed by atoms with E-state index in [0.717, 1.165) is 67.1 Å². The highest BCUT2D eigenvalue weighted by Gasteiger charge is 2.28. The number of amides is 1. The fourth-order valence-electron chi connectivity index (χ4n) is 5.98. The van der Waals surface area contributed by atoms with Crippen molar-refractivity contribution in [3.05, 3.63) is 67.1 Å². The number of carbonyl (C=O) groups is 1. The molecule has 1 saturated carbocycles. The molecule has 3 N–H and O–H groups in total. The van der Waals surface area contributed by atoms with Crippen LogP contribution in [0.25, 0.3) is 27.7 Å². The van der Waals surface area contributed by atoms with Gasteiger partial charge >= 0.3 is 0 Å². The Morgan fingerprint density at radius 2 is 1.95 bits per heavy atom. The molecule has 0 radical (unpaired) electrons. The fraction of sp³-hybridized carbons (Fsp3) is 0.345. The van der Waals surface area contributed by atoms with E-state index in [1.165, 1.54) is 12.8 Å². The predicted octanol–water partition coefficient (Wildman–Crippen LogP) is 3.98. The van der Waals surface area contributed by atoms with Crippen LogP contribution in [0.4, 0.5) is 11.5 Å². The summed E-state index contributed by atoms with van der Waals surface area (Å²) < 4.78 is 7.24. The van der Waals surface area contributed by atoms with Crippen LogP contribution in [0.2, 0.25) is 0 Å². The number of aromatic nitrogens is 6. The van der Waals surface area contributed by atoms with Gasteiger partial charge in [0.2, 0.25) is 0 Å². The summed E-state index contributed by atoms with van der Waals surface area (Å²) in [5, 5.41) is 12.0. The molecule has 40 heavy (non-hydrogen) atoms. The lowest BCUT2D eigenvalue weighted by Gasteiger charge is -2.39. The second-order valence-corrected chi connectivity index (χ2v) is 10.4. The van der Waals surface area contributed by atoms with Gasteiger partial charge in [0.05, 0.1) is 47.8 Å². The predicted molar refractivity (Wildman–Crippen MR) is 152 cm³/mol. The smallest absolute Gasteiger partial charge is 0.259 e. The average molecular weight is 538 g/mol. The van der Waals surface area contributed by atoms with Crippen molar-refractivity contribution in [2.45, 2.75) is 37.8 Å². The van der Waals surface area contributed by atoms with Crippen molar-refractivity contribution in [2.24, 2.45) is 0 Å². The summed E-state index contributed by atoms with van der Waals surface area (Å²) in [5.41, 5.74) is 4.52. The average Bonchev–Trinajstić information content (AvgIpc) is 3.63. The van der Waals surface area contributed by atoms with Crippen molar-refractivity contribution in [3.8, 4) is 11.1 Å². The SMILES string of the molecule is O=C(Nc1cccnc1)c1cnn2ccc(-c3c[nH]c4ncnc(NC5CCC(N6CCOCC6)CC5)c34)cc12. The standard InChI is InChI=1S/C29H31N9O2/c39-29(36-21-2-1-8-30-15-21)24-17-34-38-9-7-19(14-25(24)38)23-16-31-27-26(23)28(33-18-32-27)35-20-3-5-22(6-4-20)37-10-12-40-13-11-37/h1-2,7-9,14-18,20,22H,3-6,10-13H2,(H,36,39)(H2,31,32,33,35). The third-order valence-corrected chi connectivity index (χ3v) is 8.07. The maximum absolute atomic E-state index is 13.1. The summed E-state index contributed by atoms with van der Waals surface area (Å²) in [4.78, 5) is 32.2. The Morgan fingerprint density at radius 1 is 1.07 bits per heavy atom. The quantitative estimate of drug-likeness (QED) is 0.297. The number of hydrogen-bond donors (Lipinski definition) is 3. The molecule has 0 aromatic carbocycles. The summed E-state index contributed by atoms with van der Waals surface area (Å²) >= 11 is 0. The van der Waals surface area contributed by atoms with Gasteiger partial charge in [0.1, 0.15) is 17.8 Å². The molecule has 0 bridgehead atoms. The number of aromatic amines is 1. The van der Waals surface area contributed by atoms with E-state index in [9.17, 15) is 4.79 Å². The molecule has 204 valence electrons. The van der Waals surface area contributed by atoms with Gasteiger partial charge in [-0.3, -0.25) is 14.7 Å². The lowest BCUT2D eigenvalue weighted by molar-refractivity contribution is 0.00791. The van der Waals surface area contributed by atoms with E-state index in [-0.39, 0.29) is 5.91 Å². The normalized spacial score (nSPS) is 20.1. The summed E-state index contributed by atoms with van der Waals surface area (Å²) in [7, 11) is 0. The van der Waals surface area contributed by atoms with Gasteiger partial charge < -0.3 is 20.4 Å². The number of H-pyrrole nitrogens is 1. The van der Waals surface area contributed by atoms with Gasteiger partial charge in [-0.1, -0.05) is 0 Å². The molecule has 1 amide bonds. The maximum atomic E-state index is 13.1. The van der Waals surface area contributed by atoms with E-state index in [4.69, 9.17) is 4.74 Å². The Bertz CT molecular complexity index is 1630. The lowest BCUT2D eigenvalue weighted by atomic mass is 9.90. The number of hydrogen-bond acceptors (Lipinski definition) is 8. The van der Waals surface area contributed by atoms with Gasteiger partial charge in [0, 0.05) is 49.3 Å². The molecule has 2 fully saturated rings. The zero-order valence-corrected chi connectivity index (χ0v) is 22.1. The van der Waals surface area contributed by atoms with Crippen LogP contribution in [0, 0.1) is 0 Å². The molecule has 7 rings (SSSR count). The zero-order chi connectivity index (χ0) is 26.9. The number of nitrogens with zero attached hydrogens (tertiary/aromatic N) is 6. The third kappa shape index (κ3) is 4.78. The van der Waals surface area contributed by atoms with Gasteiger partial charge in [-0.2, -0.15) is 5.10 Å². The molecule has 0 unspecified atom stereocenters. The van der Waals surface area contributed by atoms with Crippen LogP contribution in [0.1, 0.15) is 36.0 Å². The van der Waals surface area contributed by atoms with Crippen molar-refractivity contribution in [2.75, 3.05) is 36.9 Å². The van der Waals surface area contributed by atoms with Gasteiger partial charge in [0.15, 0.2) is 0 Å². The van der Waals surface area contributed by atoms with Gasteiger partial charge in [0.25, 0.3) is 5.91 Å². The van der Waals surface area contributed by atoms with E-state index >= 15 is 0 Å². The summed E-state index contributed by atoms with van der Waals surface area (Å²) in [6.07, 6.45) is 14.9. The molecule has 5 aromatic rings. The first kappa shape index (κ1) is 24.7. The first-order chi connectivity index (χ1) is 19.7. The van der Waals surface area contributed by atoms with Crippen molar-refractivity contribution < 1.29 is 9.53 Å². The Hall–Kier alpha value is -4.35. The second kappa shape index (κ2) is 10.7. The molecular formula is C29H31N9O2. The minimum atomic E-state index is -0.238. The lowest BCUT2D eigenvalue weighted by Crippen LogP contribution is -2.46. The summed E-state index contributed by atoms with van der Waals surface area (Å²) in [6, 6.07) is 8.57. The third-order valence-electron chi connectivity index (χ3n) is 8.07. The van der Waals surface area contributed by atoms with Crippen LogP contribution in [-0.4, -0.2) is 78.7 Å². The van der Waals surface area contributed by atoms with Gasteiger partial charge in [-0.25, -0.2) is 14.5 Å². The van der Waals surface area contributed by atoms with Crippen molar-refractivity contribution in [1.82, 2.24) is 34.4 Å². The number of ether oxygens (including phenoxy) is 1. The molecule has 11 nitrogen and oxygen atoms in total. The van der Waals surface area contributed by atoms with Gasteiger partial charge in [-0.05, 0) is 55.5 Å². The maximum Gasteiger partial charge on any atom is 0.259 e. The van der Waals surface area contributed by atoms with Crippen LogP contribution < -0.4 is 10.6 Å². The minimum absolute atomic E-state index is 0.238. The van der Waals surface area contributed by atoms with Crippen molar-refractivity contribution >= 4 is 34.0 Å². The number of nitrogens with one attached hydrogen (secondary N) is 3. The van der Waals surface area contributed by atoms with E-state index in [1.807, 2.05) is 24.5 Å². The van der Waals surface area contributed by atoms with E-state index in [1.54, 1.807) is 41.6 Å². The first-order valence-electron chi connectivity index (χ1n) is 13.8. The first-order valence-corrected chi connectivity index (χ1v) is 13.8. The monoisotopic (exact) mass is 537 g/mol. The minimum Gasteiger partial charge on any atom is -0.379 e. The van der Waals surface area contributed by atoms with E-state index < -0.39 is 0 Å². The Kier molecular flexibility index (Phi) is 6.58. The topological polar surface area (TPSA) is 125 Å². The second-order valence-electron chi connectivity index (χ2n) is 10.4. The molecule has 11 heteroatoms. The number of rotatable bonds is 6. The summed E-state index contributed by atoms with van der Waals surface area (Å²) in [6.45, 7) is 3.76.